The molecular weight excluding hydrogens is 120 g/mol. The van der Waals surface area contributed by atoms with Crippen LogP contribution < -0.4 is 0 Å². The first kappa shape index (κ1) is 6.21. The van der Waals surface area contributed by atoms with Gasteiger partial charge in [0.2, 0.25) is 0 Å². The molecular formula is C10H14. The van der Waals surface area contributed by atoms with Crippen molar-refractivity contribution < 1.29 is 0 Å². The maximum absolute atomic E-state index is 2.41. The van der Waals surface area contributed by atoms with Gasteiger partial charge in [-0.2, -0.15) is 0 Å². The molecule has 0 heteroatoms. The summed E-state index contributed by atoms with van der Waals surface area (Å²) in [7, 11) is 0. The van der Waals surface area contributed by atoms with Gasteiger partial charge in [0.25, 0.3) is 0 Å². The smallest absolute Gasteiger partial charge is 0.0162 e. The molecule has 0 saturated carbocycles. The molecule has 0 heterocycles. The van der Waals surface area contributed by atoms with Gasteiger partial charge in [-0.05, 0) is 38.0 Å². The standard InChI is InChI=1S/C10H14/c1-8-5-6-9-3-2-4-10(9)7-8/h2,4-5,9-10H,3,6-7H2,1H3/t9-,10+/m0/s1. The molecule has 0 nitrogen and oxygen atoms in total. The van der Waals surface area contributed by atoms with Gasteiger partial charge in [0.15, 0.2) is 0 Å². The largest absolute Gasteiger partial charge is 0.0879 e. The molecule has 0 saturated heterocycles. The van der Waals surface area contributed by atoms with Gasteiger partial charge in [0.05, 0.1) is 0 Å². The van der Waals surface area contributed by atoms with E-state index in [0.717, 1.165) is 11.8 Å². The summed E-state index contributed by atoms with van der Waals surface area (Å²) in [5.41, 5.74) is 1.59. The van der Waals surface area contributed by atoms with Crippen molar-refractivity contribution in [3.63, 3.8) is 0 Å². The molecule has 0 aliphatic heterocycles. The average Bonchev–Trinajstić information content (AvgIpc) is 2.33. The third-order valence-corrected chi connectivity index (χ3v) is 2.75. The molecule has 0 amide bonds. The quantitative estimate of drug-likeness (QED) is 0.447. The van der Waals surface area contributed by atoms with Gasteiger partial charge in [0, 0.05) is 0 Å². The normalized spacial score (nSPS) is 37.5. The van der Waals surface area contributed by atoms with Gasteiger partial charge in [-0.1, -0.05) is 23.8 Å². The molecule has 0 aromatic heterocycles. The maximum Gasteiger partial charge on any atom is -0.0162 e. The highest BCUT2D eigenvalue weighted by atomic mass is 14.3. The average molecular weight is 134 g/mol. The summed E-state index contributed by atoms with van der Waals surface area (Å²) in [6, 6.07) is 0. The molecule has 10 heavy (non-hydrogen) atoms. The highest BCUT2D eigenvalue weighted by Crippen LogP contribution is 2.36. The molecule has 0 spiro atoms. The number of hydrogen-bond acceptors (Lipinski definition) is 0. The summed E-state index contributed by atoms with van der Waals surface area (Å²) in [6.07, 6.45) is 11.1. The highest BCUT2D eigenvalue weighted by molar-refractivity contribution is 5.14. The van der Waals surface area contributed by atoms with Gasteiger partial charge in [-0.3, -0.25) is 0 Å². The van der Waals surface area contributed by atoms with Crippen LogP contribution in [0.15, 0.2) is 23.8 Å². The Morgan fingerprint density at radius 1 is 1.40 bits per heavy atom. The molecule has 2 rings (SSSR count). The molecule has 0 radical (unpaired) electrons. The van der Waals surface area contributed by atoms with Crippen LogP contribution in [0.5, 0.6) is 0 Å². The molecule has 2 atom stereocenters. The van der Waals surface area contributed by atoms with Crippen molar-refractivity contribution in [1.82, 2.24) is 0 Å². The van der Waals surface area contributed by atoms with E-state index in [1.165, 1.54) is 19.3 Å². The fourth-order valence-corrected chi connectivity index (χ4v) is 2.07. The van der Waals surface area contributed by atoms with Crippen LogP contribution in [-0.4, -0.2) is 0 Å². The fraction of sp³-hybridized carbons (Fsp3) is 0.600. The van der Waals surface area contributed by atoms with E-state index >= 15 is 0 Å². The third kappa shape index (κ3) is 0.920. The topological polar surface area (TPSA) is 0 Å². The van der Waals surface area contributed by atoms with Crippen molar-refractivity contribution >= 4 is 0 Å². The Balaban J connectivity index is 2.14. The monoisotopic (exact) mass is 134 g/mol. The number of rotatable bonds is 0. The Hall–Kier alpha value is -0.520. The first-order valence-electron chi connectivity index (χ1n) is 4.18. The van der Waals surface area contributed by atoms with E-state index in [2.05, 4.69) is 25.2 Å². The Morgan fingerprint density at radius 2 is 2.30 bits per heavy atom. The van der Waals surface area contributed by atoms with E-state index in [1.807, 2.05) is 0 Å². The van der Waals surface area contributed by atoms with E-state index in [1.54, 1.807) is 5.57 Å². The van der Waals surface area contributed by atoms with Crippen molar-refractivity contribution in [2.24, 2.45) is 11.8 Å². The SMILES string of the molecule is CC1=CC[C@@H]2CC=C[C@@H]2C1. The second-order valence-corrected chi connectivity index (χ2v) is 3.58. The van der Waals surface area contributed by atoms with Gasteiger partial charge in [-0.25, -0.2) is 0 Å². The molecule has 0 aromatic rings. The van der Waals surface area contributed by atoms with Gasteiger partial charge in [-0.15, -0.1) is 0 Å². The first-order valence-corrected chi connectivity index (χ1v) is 4.18. The molecule has 54 valence electrons. The van der Waals surface area contributed by atoms with Crippen LogP contribution in [0.2, 0.25) is 0 Å². The predicted octanol–water partition coefficient (Wildman–Crippen LogP) is 2.92. The summed E-state index contributed by atoms with van der Waals surface area (Å²) in [5.74, 6) is 1.86. The molecule has 0 unspecified atom stereocenters. The van der Waals surface area contributed by atoms with Crippen molar-refractivity contribution in [3.8, 4) is 0 Å². The molecule has 0 bridgehead atoms. The lowest BCUT2D eigenvalue weighted by Crippen LogP contribution is -2.11. The van der Waals surface area contributed by atoms with Crippen LogP contribution in [0.1, 0.15) is 26.2 Å². The predicted molar refractivity (Wildman–Crippen MR) is 43.7 cm³/mol. The zero-order valence-corrected chi connectivity index (χ0v) is 6.51. The Labute approximate surface area is 62.6 Å². The van der Waals surface area contributed by atoms with Gasteiger partial charge in [0.1, 0.15) is 0 Å². The lowest BCUT2D eigenvalue weighted by atomic mass is 9.82. The second-order valence-electron chi connectivity index (χ2n) is 3.58. The van der Waals surface area contributed by atoms with Gasteiger partial charge >= 0.3 is 0 Å². The number of hydrogen-bond donors (Lipinski definition) is 0. The van der Waals surface area contributed by atoms with Crippen LogP contribution in [0.25, 0.3) is 0 Å². The van der Waals surface area contributed by atoms with E-state index in [0.29, 0.717) is 0 Å². The molecule has 0 N–H and O–H groups in total. The van der Waals surface area contributed by atoms with Crippen LogP contribution in [0, 0.1) is 11.8 Å². The van der Waals surface area contributed by atoms with Gasteiger partial charge < -0.3 is 0 Å². The number of allylic oxidation sites excluding steroid dienone is 4. The zero-order valence-electron chi connectivity index (χ0n) is 6.51. The number of fused-ring (bicyclic) bond motifs is 1. The third-order valence-electron chi connectivity index (χ3n) is 2.75. The van der Waals surface area contributed by atoms with Crippen molar-refractivity contribution in [1.29, 1.82) is 0 Å². The molecule has 0 aromatic carbocycles. The summed E-state index contributed by atoms with van der Waals surface area (Å²) in [4.78, 5) is 0. The van der Waals surface area contributed by atoms with E-state index in [-0.39, 0.29) is 0 Å². The minimum absolute atomic E-state index is 0.894. The molecule has 2 aliphatic rings. The van der Waals surface area contributed by atoms with E-state index in [9.17, 15) is 0 Å². The Morgan fingerprint density at radius 3 is 3.20 bits per heavy atom. The van der Waals surface area contributed by atoms with Crippen LogP contribution in [0.3, 0.4) is 0 Å². The second kappa shape index (κ2) is 2.26. The lowest BCUT2D eigenvalue weighted by molar-refractivity contribution is 0.405. The van der Waals surface area contributed by atoms with E-state index in [4.69, 9.17) is 0 Å². The Bertz CT molecular complexity index is 186. The molecule has 0 fully saturated rings. The summed E-state index contributed by atoms with van der Waals surface area (Å²) >= 11 is 0. The minimum atomic E-state index is 0.894. The fourth-order valence-electron chi connectivity index (χ4n) is 2.07. The van der Waals surface area contributed by atoms with Crippen molar-refractivity contribution in [3.05, 3.63) is 23.8 Å². The first-order chi connectivity index (χ1) is 4.86. The van der Waals surface area contributed by atoms with Crippen LogP contribution in [0.4, 0.5) is 0 Å². The highest BCUT2D eigenvalue weighted by Gasteiger charge is 2.24. The minimum Gasteiger partial charge on any atom is -0.0879 e. The summed E-state index contributed by atoms with van der Waals surface area (Å²) < 4.78 is 0. The Kier molecular flexibility index (Phi) is 1.40. The lowest BCUT2D eigenvalue weighted by Gasteiger charge is -2.23. The van der Waals surface area contributed by atoms with E-state index < -0.39 is 0 Å². The summed E-state index contributed by atoms with van der Waals surface area (Å²) in [5, 5.41) is 0. The summed E-state index contributed by atoms with van der Waals surface area (Å²) in [6.45, 7) is 2.25. The molecule has 2 aliphatic carbocycles. The van der Waals surface area contributed by atoms with Crippen molar-refractivity contribution in [2.45, 2.75) is 26.2 Å². The van der Waals surface area contributed by atoms with Crippen LogP contribution >= 0.6 is 0 Å². The maximum atomic E-state index is 2.41. The van der Waals surface area contributed by atoms with Crippen LogP contribution in [-0.2, 0) is 0 Å². The van der Waals surface area contributed by atoms with Crippen molar-refractivity contribution in [2.75, 3.05) is 0 Å². The zero-order chi connectivity index (χ0) is 6.97.